The molecule has 0 radical (unpaired) electrons. The van der Waals surface area contributed by atoms with E-state index in [-0.39, 0.29) is 10.8 Å². The zero-order valence-corrected chi connectivity index (χ0v) is 23.3. The van der Waals surface area contributed by atoms with E-state index in [1.165, 1.54) is 11.1 Å². The van der Waals surface area contributed by atoms with Gasteiger partial charge in [0.15, 0.2) is 0 Å². The maximum absolute atomic E-state index is 11.0. The zero-order valence-electron chi connectivity index (χ0n) is 23.3. The second-order valence-electron chi connectivity index (χ2n) is 12.0. The van der Waals surface area contributed by atoms with Crippen molar-refractivity contribution in [3.05, 3.63) is 57.6 Å². The third-order valence-corrected chi connectivity index (χ3v) is 7.15. The molecule has 0 aliphatic carbocycles. The molecule has 36 heavy (non-hydrogen) atoms. The van der Waals surface area contributed by atoms with Crippen LogP contribution in [0.15, 0.2) is 24.3 Å². The van der Waals surface area contributed by atoms with Gasteiger partial charge in [-0.1, -0.05) is 65.8 Å². The smallest absolute Gasteiger partial charge is 0.124 e. The second-order valence-corrected chi connectivity index (χ2v) is 12.0. The summed E-state index contributed by atoms with van der Waals surface area (Å²) in [5, 5.41) is 36.3. The van der Waals surface area contributed by atoms with E-state index in [1.54, 1.807) is 0 Å². The van der Waals surface area contributed by atoms with Crippen LogP contribution in [0, 0.1) is 10.8 Å². The first kappa shape index (κ1) is 28.5. The summed E-state index contributed by atoms with van der Waals surface area (Å²) in [5.41, 5.74) is 6.35. The molecule has 0 saturated carbocycles. The Morgan fingerprint density at radius 1 is 0.556 bits per heavy atom. The normalized spacial score (nSPS) is 19.5. The van der Waals surface area contributed by atoms with Crippen molar-refractivity contribution < 1.29 is 10.2 Å². The third kappa shape index (κ3) is 7.94. The first-order valence-corrected chi connectivity index (χ1v) is 13.5. The topological polar surface area (TPSA) is 88.6 Å². The van der Waals surface area contributed by atoms with Crippen molar-refractivity contribution in [1.29, 1.82) is 0 Å². The Balaban J connectivity index is 1.83. The molecule has 0 amide bonds. The summed E-state index contributed by atoms with van der Waals surface area (Å²) in [5.74, 6) is 0.795. The van der Waals surface area contributed by atoms with Crippen LogP contribution in [0.25, 0.3) is 0 Å². The monoisotopic (exact) mass is 496 g/mol. The lowest BCUT2D eigenvalue weighted by Gasteiger charge is -2.27. The summed E-state index contributed by atoms with van der Waals surface area (Å²) >= 11 is 0. The number of benzene rings is 2. The van der Waals surface area contributed by atoms with Gasteiger partial charge in [0, 0.05) is 74.6 Å². The van der Waals surface area contributed by atoms with Crippen LogP contribution >= 0.6 is 0 Å². The summed E-state index contributed by atoms with van der Waals surface area (Å²) in [6.45, 7) is 19.0. The van der Waals surface area contributed by atoms with Gasteiger partial charge in [-0.2, -0.15) is 0 Å². The van der Waals surface area contributed by atoms with E-state index in [0.29, 0.717) is 37.7 Å². The Bertz CT molecular complexity index is 868. The molecule has 6 N–H and O–H groups in total. The zero-order chi connectivity index (χ0) is 26.3. The lowest BCUT2D eigenvalue weighted by Crippen LogP contribution is -2.38. The maximum Gasteiger partial charge on any atom is 0.124 e. The molecule has 1 heterocycles. The number of phenols is 2. The predicted octanol–water partition coefficient (Wildman–Crippen LogP) is 4.35. The van der Waals surface area contributed by atoms with Crippen molar-refractivity contribution in [2.24, 2.45) is 10.8 Å². The number of phenolic OH excluding ortho intramolecular Hbond substituents is 2. The van der Waals surface area contributed by atoms with Gasteiger partial charge >= 0.3 is 0 Å². The molecule has 1 aliphatic heterocycles. The van der Waals surface area contributed by atoms with Gasteiger partial charge in [-0.05, 0) is 34.8 Å². The maximum atomic E-state index is 11.0. The Labute approximate surface area is 218 Å². The number of hydrogen-bond donors (Lipinski definition) is 6. The van der Waals surface area contributed by atoms with Gasteiger partial charge in [-0.25, -0.2) is 0 Å². The molecule has 3 rings (SSSR count). The largest absolute Gasteiger partial charge is 0.507 e. The summed E-state index contributed by atoms with van der Waals surface area (Å²) in [4.78, 5) is 0. The van der Waals surface area contributed by atoms with Crippen LogP contribution in [0.2, 0.25) is 0 Å². The van der Waals surface area contributed by atoms with Crippen LogP contribution in [0.3, 0.4) is 0 Å². The lowest BCUT2D eigenvalue weighted by molar-refractivity contribution is 0.313. The molecule has 2 aromatic carbocycles. The molecule has 0 fully saturated rings. The van der Waals surface area contributed by atoms with Gasteiger partial charge in [0.2, 0.25) is 0 Å². The van der Waals surface area contributed by atoms with Gasteiger partial charge in [-0.15, -0.1) is 0 Å². The summed E-state index contributed by atoms with van der Waals surface area (Å²) in [6.07, 6.45) is 1.88. The number of aromatic hydroxyl groups is 2. The number of hydrogen-bond acceptors (Lipinski definition) is 6. The second kappa shape index (κ2) is 12.4. The molecule has 6 heteroatoms. The van der Waals surface area contributed by atoms with Crippen LogP contribution < -0.4 is 21.3 Å². The summed E-state index contributed by atoms with van der Waals surface area (Å²) in [7, 11) is 0. The number of nitrogens with one attached hydrogen (secondary N) is 4. The van der Waals surface area contributed by atoms with Gasteiger partial charge in [0.1, 0.15) is 11.5 Å². The van der Waals surface area contributed by atoms with E-state index in [1.807, 2.05) is 0 Å². The molecule has 0 saturated heterocycles. The minimum absolute atomic E-state index is 0.0111. The van der Waals surface area contributed by atoms with E-state index in [2.05, 4.69) is 87.1 Å². The highest BCUT2D eigenvalue weighted by Gasteiger charge is 2.21. The van der Waals surface area contributed by atoms with E-state index >= 15 is 0 Å². The predicted molar refractivity (Wildman–Crippen MR) is 149 cm³/mol. The molecule has 4 bridgehead atoms. The average molecular weight is 497 g/mol. The van der Waals surface area contributed by atoms with Crippen LogP contribution in [0.4, 0.5) is 0 Å². The summed E-state index contributed by atoms with van der Waals surface area (Å²) in [6, 6.07) is 8.49. The van der Waals surface area contributed by atoms with Gasteiger partial charge in [0.05, 0.1) is 0 Å². The third-order valence-electron chi connectivity index (χ3n) is 7.15. The van der Waals surface area contributed by atoms with Crippen LogP contribution in [0.1, 0.15) is 74.9 Å². The first-order chi connectivity index (χ1) is 17.0. The lowest BCUT2D eigenvalue weighted by atomic mass is 9.92. The van der Waals surface area contributed by atoms with Gasteiger partial charge in [-0.3, -0.25) is 0 Å². The van der Waals surface area contributed by atoms with E-state index in [0.717, 1.165) is 61.3 Å². The highest BCUT2D eigenvalue weighted by atomic mass is 16.3. The van der Waals surface area contributed by atoms with E-state index in [4.69, 9.17) is 0 Å². The van der Waals surface area contributed by atoms with Crippen LogP contribution in [0.5, 0.6) is 11.5 Å². The molecular formula is C30H48N4O2. The summed E-state index contributed by atoms with van der Waals surface area (Å²) < 4.78 is 0. The van der Waals surface area contributed by atoms with Crippen molar-refractivity contribution in [3.63, 3.8) is 0 Å². The molecule has 2 aromatic rings. The Hall–Kier alpha value is -2.12. The standard InChI is InChI=1S/C30H48N4O2/c1-7-21-9-23-13-31-17-29(3,4)19-33-15-25-11-22(8-2)12-26(28(25)36)16-34-20-30(5,6)18-32-14-24(10-21)27(23)35/h9-12,31-36H,7-8,13-20H2,1-6H3. The fourth-order valence-corrected chi connectivity index (χ4v) is 4.88. The fraction of sp³-hybridized carbons (Fsp3) is 0.600. The molecular weight excluding hydrogens is 448 g/mol. The minimum Gasteiger partial charge on any atom is -0.507 e. The molecule has 6 nitrogen and oxygen atoms in total. The van der Waals surface area contributed by atoms with E-state index < -0.39 is 0 Å². The molecule has 0 aromatic heterocycles. The molecule has 200 valence electrons. The van der Waals surface area contributed by atoms with Crippen molar-refractivity contribution >= 4 is 0 Å². The fourth-order valence-electron chi connectivity index (χ4n) is 4.88. The van der Waals surface area contributed by atoms with Crippen LogP contribution in [-0.2, 0) is 39.0 Å². The Morgan fingerprint density at radius 2 is 0.806 bits per heavy atom. The van der Waals surface area contributed by atoms with Crippen molar-refractivity contribution in [2.75, 3.05) is 26.2 Å². The Morgan fingerprint density at radius 3 is 1.03 bits per heavy atom. The van der Waals surface area contributed by atoms with Crippen LogP contribution in [-0.4, -0.2) is 36.4 Å². The quantitative estimate of drug-likeness (QED) is 0.371. The van der Waals surface area contributed by atoms with Gasteiger partial charge < -0.3 is 31.5 Å². The Kier molecular flexibility index (Phi) is 9.81. The number of fused-ring (bicyclic) bond motifs is 4. The molecule has 0 unspecified atom stereocenters. The molecule has 0 atom stereocenters. The SMILES string of the molecule is CCc1cc2c(O)c(c1)CNCC(C)(C)CNCc1cc(CC)cc(c1O)CNCC(C)(C)CNC2. The van der Waals surface area contributed by atoms with Crippen molar-refractivity contribution in [1.82, 2.24) is 21.3 Å². The number of aryl methyl sites for hydroxylation is 2. The van der Waals surface area contributed by atoms with Crippen molar-refractivity contribution in [2.45, 2.75) is 80.6 Å². The van der Waals surface area contributed by atoms with Crippen molar-refractivity contribution in [3.8, 4) is 11.5 Å². The highest BCUT2D eigenvalue weighted by Crippen LogP contribution is 2.28. The van der Waals surface area contributed by atoms with E-state index in [9.17, 15) is 10.2 Å². The minimum atomic E-state index is 0.0111. The van der Waals surface area contributed by atoms with Gasteiger partial charge in [0.25, 0.3) is 0 Å². The highest BCUT2D eigenvalue weighted by molar-refractivity contribution is 5.45. The molecule has 1 aliphatic rings. The number of rotatable bonds is 2. The average Bonchev–Trinajstić information content (AvgIpc) is 2.82. The molecule has 0 spiro atoms. The first-order valence-electron chi connectivity index (χ1n) is 13.5.